The Kier molecular flexibility index (Phi) is 4.92. The molecule has 0 saturated carbocycles. The number of carbonyl (C=O) groups excluding carboxylic acids is 1. The molecule has 1 amide bonds. The molecule has 2 atom stereocenters. The number of hydrogen-bond acceptors (Lipinski definition) is 3. The molecule has 1 aromatic rings. The molecule has 1 spiro atoms. The van der Waals surface area contributed by atoms with Gasteiger partial charge in [0.15, 0.2) is 0 Å². The van der Waals surface area contributed by atoms with Crippen molar-refractivity contribution in [1.29, 1.82) is 0 Å². The molecule has 24 heavy (non-hydrogen) atoms. The van der Waals surface area contributed by atoms with Crippen LogP contribution in [0.1, 0.15) is 18.9 Å². The van der Waals surface area contributed by atoms with Gasteiger partial charge in [0.25, 0.3) is 0 Å². The maximum atomic E-state index is 13.1. The van der Waals surface area contributed by atoms with Crippen LogP contribution in [0.4, 0.5) is 4.39 Å². The first-order valence-corrected chi connectivity index (χ1v) is 8.81. The Labute approximate surface area is 144 Å². The third-order valence-corrected chi connectivity index (χ3v) is 5.66. The zero-order chi connectivity index (χ0) is 17.3. The summed E-state index contributed by atoms with van der Waals surface area (Å²) in [5.74, 6) is 0.501. The lowest BCUT2D eigenvalue weighted by atomic mass is 9.78. The van der Waals surface area contributed by atoms with Gasteiger partial charge in [0.2, 0.25) is 5.91 Å². The van der Waals surface area contributed by atoms with E-state index in [1.54, 1.807) is 0 Å². The molecule has 1 aromatic carbocycles. The third-order valence-electron chi connectivity index (χ3n) is 5.66. The van der Waals surface area contributed by atoms with Crippen LogP contribution in [0.15, 0.2) is 24.3 Å². The van der Waals surface area contributed by atoms with E-state index in [9.17, 15) is 9.18 Å². The lowest BCUT2D eigenvalue weighted by Crippen LogP contribution is -2.41. The van der Waals surface area contributed by atoms with E-state index in [1.165, 1.54) is 12.1 Å². The summed E-state index contributed by atoms with van der Waals surface area (Å²) in [7, 11) is 4.08. The molecule has 2 heterocycles. The Bertz CT molecular complexity index is 589. The molecule has 0 aliphatic carbocycles. The molecule has 0 bridgehead atoms. The van der Waals surface area contributed by atoms with Crippen LogP contribution in [0.3, 0.4) is 0 Å². The smallest absolute Gasteiger partial charge is 0.230 e. The van der Waals surface area contributed by atoms with Crippen LogP contribution in [0.5, 0.6) is 0 Å². The average Bonchev–Trinajstić information content (AvgIpc) is 3.02. The summed E-state index contributed by atoms with van der Waals surface area (Å²) in [5, 5.41) is 0. The van der Waals surface area contributed by atoms with Gasteiger partial charge in [-0.3, -0.25) is 9.69 Å². The van der Waals surface area contributed by atoms with E-state index < -0.39 is 0 Å². The van der Waals surface area contributed by atoms with Crippen LogP contribution in [0.25, 0.3) is 0 Å². The molecule has 3 rings (SSSR count). The van der Waals surface area contributed by atoms with Crippen molar-refractivity contribution in [2.24, 2.45) is 11.3 Å². The van der Waals surface area contributed by atoms with Gasteiger partial charge < -0.3 is 9.80 Å². The van der Waals surface area contributed by atoms with Crippen LogP contribution in [0.2, 0.25) is 0 Å². The van der Waals surface area contributed by atoms with Crippen LogP contribution in [-0.2, 0) is 11.3 Å². The minimum Gasteiger partial charge on any atom is -0.341 e. The SMILES string of the molecule is C[C@H]1CN(Cc2ccc(F)cc2)C[C@@]12CCN(CCN(C)C)C2=O. The quantitative estimate of drug-likeness (QED) is 0.825. The fraction of sp³-hybridized carbons (Fsp3) is 0.632. The Hall–Kier alpha value is -1.46. The largest absolute Gasteiger partial charge is 0.341 e. The number of halogens is 1. The van der Waals surface area contributed by atoms with E-state index in [-0.39, 0.29) is 11.2 Å². The second-order valence-electron chi connectivity index (χ2n) is 7.70. The molecule has 0 unspecified atom stereocenters. The average molecular weight is 333 g/mol. The molecule has 4 nitrogen and oxygen atoms in total. The summed E-state index contributed by atoms with van der Waals surface area (Å²) < 4.78 is 13.1. The van der Waals surface area contributed by atoms with Crippen LogP contribution < -0.4 is 0 Å². The highest BCUT2D eigenvalue weighted by Gasteiger charge is 2.54. The van der Waals surface area contributed by atoms with Crippen molar-refractivity contribution in [1.82, 2.24) is 14.7 Å². The maximum Gasteiger partial charge on any atom is 0.230 e. The number of likely N-dealkylation sites (tertiary alicyclic amines) is 2. The number of likely N-dealkylation sites (N-methyl/N-ethyl adjacent to an activating group) is 1. The summed E-state index contributed by atoms with van der Waals surface area (Å²) in [6, 6.07) is 6.69. The molecule has 2 fully saturated rings. The Morgan fingerprint density at radius 1 is 1.29 bits per heavy atom. The van der Waals surface area contributed by atoms with Crippen molar-refractivity contribution in [3.8, 4) is 0 Å². The number of nitrogens with zero attached hydrogens (tertiary/aromatic N) is 3. The molecule has 5 heteroatoms. The van der Waals surface area contributed by atoms with Crippen molar-refractivity contribution in [3.63, 3.8) is 0 Å². The lowest BCUT2D eigenvalue weighted by molar-refractivity contribution is -0.137. The van der Waals surface area contributed by atoms with Gasteiger partial charge in [-0.2, -0.15) is 0 Å². The van der Waals surface area contributed by atoms with Gasteiger partial charge in [0, 0.05) is 39.3 Å². The topological polar surface area (TPSA) is 26.8 Å². The number of amides is 1. The van der Waals surface area contributed by atoms with Gasteiger partial charge >= 0.3 is 0 Å². The van der Waals surface area contributed by atoms with Crippen LogP contribution >= 0.6 is 0 Å². The van der Waals surface area contributed by atoms with E-state index in [0.717, 1.165) is 51.3 Å². The van der Waals surface area contributed by atoms with Crippen LogP contribution in [0, 0.1) is 17.2 Å². The molecule has 2 saturated heterocycles. The standard InChI is InChI=1S/C19H28FN3O/c1-15-12-22(13-16-4-6-17(20)7-5-16)14-19(15)8-9-23(18(19)24)11-10-21(2)3/h4-7,15H,8-14H2,1-3H3/t15-,19-/m0/s1. The van der Waals surface area contributed by atoms with E-state index in [1.807, 2.05) is 31.1 Å². The van der Waals surface area contributed by atoms with E-state index in [4.69, 9.17) is 0 Å². The molecule has 0 aromatic heterocycles. The molecule has 132 valence electrons. The molecular weight excluding hydrogens is 305 g/mol. The van der Waals surface area contributed by atoms with Gasteiger partial charge in [-0.05, 0) is 44.1 Å². The summed E-state index contributed by atoms with van der Waals surface area (Å²) in [6.45, 7) is 7.36. The predicted molar refractivity (Wildman–Crippen MR) is 93.0 cm³/mol. The number of rotatable bonds is 5. The first kappa shape index (κ1) is 17.4. The van der Waals surface area contributed by atoms with Gasteiger partial charge in [-0.25, -0.2) is 4.39 Å². The van der Waals surface area contributed by atoms with Gasteiger partial charge in [-0.15, -0.1) is 0 Å². The number of hydrogen-bond donors (Lipinski definition) is 0. The third kappa shape index (κ3) is 3.33. The first-order valence-electron chi connectivity index (χ1n) is 8.81. The number of benzene rings is 1. The van der Waals surface area contributed by atoms with Gasteiger partial charge in [0.1, 0.15) is 5.82 Å². The van der Waals surface area contributed by atoms with Crippen molar-refractivity contribution in [3.05, 3.63) is 35.6 Å². The van der Waals surface area contributed by atoms with E-state index >= 15 is 0 Å². The van der Waals surface area contributed by atoms with Gasteiger partial charge in [0.05, 0.1) is 5.41 Å². The van der Waals surface area contributed by atoms with E-state index in [0.29, 0.717) is 11.8 Å². The summed E-state index contributed by atoms with van der Waals surface area (Å²) in [5.41, 5.74) is 0.891. The maximum absolute atomic E-state index is 13.1. The molecular formula is C19H28FN3O. The Morgan fingerprint density at radius 2 is 2.00 bits per heavy atom. The minimum atomic E-state index is -0.216. The van der Waals surface area contributed by atoms with Crippen molar-refractivity contribution in [2.45, 2.75) is 19.9 Å². The zero-order valence-electron chi connectivity index (χ0n) is 15.0. The molecule has 0 radical (unpaired) electrons. The Balaban J connectivity index is 1.64. The summed E-state index contributed by atoms with van der Waals surface area (Å²) in [6.07, 6.45) is 0.959. The predicted octanol–water partition coefficient (Wildman–Crippen LogP) is 2.06. The van der Waals surface area contributed by atoms with Crippen molar-refractivity contribution < 1.29 is 9.18 Å². The van der Waals surface area contributed by atoms with Crippen molar-refractivity contribution in [2.75, 3.05) is 46.8 Å². The second-order valence-corrected chi connectivity index (χ2v) is 7.70. The molecule has 2 aliphatic heterocycles. The minimum absolute atomic E-state index is 0.201. The van der Waals surface area contributed by atoms with Crippen molar-refractivity contribution >= 4 is 5.91 Å². The Morgan fingerprint density at radius 3 is 2.67 bits per heavy atom. The number of carbonyl (C=O) groups is 1. The fourth-order valence-corrected chi connectivity index (χ4v) is 4.15. The summed E-state index contributed by atoms with van der Waals surface area (Å²) >= 11 is 0. The normalized spacial score (nSPS) is 27.8. The zero-order valence-corrected chi connectivity index (χ0v) is 15.0. The highest BCUT2D eigenvalue weighted by atomic mass is 19.1. The summed E-state index contributed by atoms with van der Waals surface area (Å²) in [4.78, 5) is 19.5. The van der Waals surface area contributed by atoms with E-state index in [2.05, 4.69) is 16.7 Å². The fourth-order valence-electron chi connectivity index (χ4n) is 4.15. The molecule has 0 N–H and O–H groups in total. The van der Waals surface area contributed by atoms with Gasteiger partial charge in [-0.1, -0.05) is 19.1 Å². The highest BCUT2D eigenvalue weighted by Crippen LogP contribution is 2.44. The molecule has 2 aliphatic rings. The first-order chi connectivity index (χ1) is 11.4. The van der Waals surface area contributed by atoms with Crippen LogP contribution in [-0.4, -0.2) is 67.4 Å². The monoisotopic (exact) mass is 333 g/mol. The highest BCUT2D eigenvalue weighted by molar-refractivity contribution is 5.86. The second kappa shape index (κ2) is 6.81. The lowest BCUT2D eigenvalue weighted by Gasteiger charge is -2.27.